The molecule has 0 fully saturated rings. The number of aromatic nitrogens is 1. The number of amides is 2. The van der Waals surface area contributed by atoms with Gasteiger partial charge in [0.1, 0.15) is 11.4 Å². The van der Waals surface area contributed by atoms with E-state index >= 15 is 0 Å². The standard InChI is InChI=1S/C22H22N4O2/c1-26(2)18-13-11-17(12-14-18)24-22(28)20-10-6-9-19(25-20)21(27)23-15-16-7-4-3-5-8-16/h3-14H,15H2,1-2H3,(H,23,27)(H,24,28). The molecule has 0 atom stereocenters. The van der Waals surface area contributed by atoms with E-state index in [1.54, 1.807) is 18.2 Å². The number of hydrogen-bond donors (Lipinski definition) is 2. The molecule has 3 rings (SSSR count). The van der Waals surface area contributed by atoms with Crippen molar-refractivity contribution in [2.75, 3.05) is 24.3 Å². The van der Waals surface area contributed by atoms with Crippen molar-refractivity contribution in [3.8, 4) is 0 Å². The van der Waals surface area contributed by atoms with Gasteiger partial charge in [0.25, 0.3) is 11.8 Å². The lowest BCUT2D eigenvalue weighted by Crippen LogP contribution is -2.25. The molecule has 3 aromatic rings. The second-order valence-corrected chi connectivity index (χ2v) is 6.47. The van der Waals surface area contributed by atoms with Gasteiger partial charge in [0.05, 0.1) is 0 Å². The van der Waals surface area contributed by atoms with E-state index in [-0.39, 0.29) is 23.2 Å². The zero-order valence-corrected chi connectivity index (χ0v) is 15.8. The number of nitrogens with zero attached hydrogens (tertiary/aromatic N) is 2. The fourth-order valence-electron chi connectivity index (χ4n) is 2.59. The fraction of sp³-hybridized carbons (Fsp3) is 0.136. The van der Waals surface area contributed by atoms with E-state index in [4.69, 9.17) is 0 Å². The molecule has 0 radical (unpaired) electrons. The van der Waals surface area contributed by atoms with Crippen LogP contribution in [0.25, 0.3) is 0 Å². The summed E-state index contributed by atoms with van der Waals surface area (Å²) in [5.41, 5.74) is 3.08. The molecule has 142 valence electrons. The van der Waals surface area contributed by atoms with Gasteiger partial charge in [-0.15, -0.1) is 0 Å². The second-order valence-electron chi connectivity index (χ2n) is 6.47. The Hall–Kier alpha value is -3.67. The molecule has 1 aromatic heterocycles. The van der Waals surface area contributed by atoms with E-state index in [0.29, 0.717) is 12.2 Å². The first kappa shape index (κ1) is 19.1. The second kappa shape index (κ2) is 8.81. The van der Waals surface area contributed by atoms with E-state index in [9.17, 15) is 9.59 Å². The largest absolute Gasteiger partial charge is 0.378 e. The van der Waals surface area contributed by atoms with E-state index in [1.165, 1.54) is 0 Å². The highest BCUT2D eigenvalue weighted by atomic mass is 16.2. The van der Waals surface area contributed by atoms with Gasteiger partial charge in [-0.25, -0.2) is 4.98 Å². The highest BCUT2D eigenvalue weighted by molar-refractivity contribution is 6.03. The summed E-state index contributed by atoms with van der Waals surface area (Å²) >= 11 is 0. The maximum Gasteiger partial charge on any atom is 0.274 e. The van der Waals surface area contributed by atoms with Crippen molar-refractivity contribution < 1.29 is 9.59 Å². The Kier molecular flexibility index (Phi) is 6.01. The van der Waals surface area contributed by atoms with Crippen molar-refractivity contribution in [2.24, 2.45) is 0 Å². The normalized spacial score (nSPS) is 10.2. The molecule has 0 aliphatic heterocycles. The minimum Gasteiger partial charge on any atom is -0.378 e. The van der Waals surface area contributed by atoms with Crippen LogP contribution in [0.15, 0.2) is 72.8 Å². The Morgan fingerprint density at radius 1 is 0.821 bits per heavy atom. The van der Waals surface area contributed by atoms with Crippen molar-refractivity contribution >= 4 is 23.2 Å². The molecular formula is C22H22N4O2. The van der Waals surface area contributed by atoms with Gasteiger partial charge in [-0.3, -0.25) is 9.59 Å². The number of pyridine rings is 1. The lowest BCUT2D eigenvalue weighted by atomic mass is 10.2. The zero-order valence-electron chi connectivity index (χ0n) is 15.8. The summed E-state index contributed by atoms with van der Waals surface area (Å²) in [6, 6.07) is 21.9. The van der Waals surface area contributed by atoms with E-state index in [0.717, 1.165) is 11.3 Å². The lowest BCUT2D eigenvalue weighted by molar-refractivity contribution is 0.0945. The first-order valence-corrected chi connectivity index (χ1v) is 8.91. The molecule has 0 saturated carbocycles. The molecule has 0 bridgehead atoms. The summed E-state index contributed by atoms with van der Waals surface area (Å²) in [6.07, 6.45) is 0. The molecule has 0 spiro atoms. The molecule has 6 heteroatoms. The lowest BCUT2D eigenvalue weighted by Gasteiger charge is -2.13. The van der Waals surface area contributed by atoms with Gasteiger partial charge < -0.3 is 15.5 Å². The Bertz CT molecular complexity index is 954. The molecule has 0 aliphatic rings. The highest BCUT2D eigenvalue weighted by Gasteiger charge is 2.12. The third-order valence-electron chi connectivity index (χ3n) is 4.15. The van der Waals surface area contributed by atoms with Crippen LogP contribution in [0.1, 0.15) is 26.5 Å². The third kappa shape index (κ3) is 4.94. The summed E-state index contributed by atoms with van der Waals surface area (Å²) < 4.78 is 0. The Labute approximate surface area is 164 Å². The van der Waals surface area contributed by atoms with Gasteiger partial charge in [0.15, 0.2) is 0 Å². The number of anilines is 2. The van der Waals surface area contributed by atoms with Gasteiger partial charge in [-0.1, -0.05) is 36.4 Å². The van der Waals surface area contributed by atoms with E-state index in [2.05, 4.69) is 15.6 Å². The van der Waals surface area contributed by atoms with Crippen molar-refractivity contribution in [3.05, 3.63) is 89.7 Å². The molecule has 0 unspecified atom stereocenters. The topological polar surface area (TPSA) is 74.3 Å². The summed E-state index contributed by atoms with van der Waals surface area (Å²) in [7, 11) is 3.90. The predicted octanol–water partition coefficient (Wildman–Crippen LogP) is 3.33. The van der Waals surface area contributed by atoms with Gasteiger partial charge in [0, 0.05) is 32.0 Å². The Balaban J connectivity index is 1.64. The van der Waals surface area contributed by atoms with Gasteiger partial charge in [0.2, 0.25) is 0 Å². The molecule has 0 aliphatic carbocycles. The monoisotopic (exact) mass is 374 g/mol. The number of carbonyl (C=O) groups excluding carboxylic acids is 2. The SMILES string of the molecule is CN(C)c1ccc(NC(=O)c2cccc(C(=O)NCc3ccccc3)n2)cc1. The van der Waals surface area contributed by atoms with Crippen LogP contribution in [0.3, 0.4) is 0 Å². The molecule has 2 amide bonds. The highest BCUT2D eigenvalue weighted by Crippen LogP contribution is 2.16. The minimum absolute atomic E-state index is 0.184. The van der Waals surface area contributed by atoms with Crippen LogP contribution in [0, 0.1) is 0 Å². The van der Waals surface area contributed by atoms with Crippen LogP contribution >= 0.6 is 0 Å². The van der Waals surface area contributed by atoms with Gasteiger partial charge in [-0.2, -0.15) is 0 Å². The molecule has 2 aromatic carbocycles. The summed E-state index contributed by atoms with van der Waals surface area (Å²) in [5.74, 6) is -0.691. The van der Waals surface area contributed by atoms with Crippen LogP contribution in [0.2, 0.25) is 0 Å². The third-order valence-corrected chi connectivity index (χ3v) is 4.15. The van der Waals surface area contributed by atoms with Crippen molar-refractivity contribution in [2.45, 2.75) is 6.54 Å². The number of nitrogens with one attached hydrogen (secondary N) is 2. The molecule has 28 heavy (non-hydrogen) atoms. The number of carbonyl (C=O) groups is 2. The Morgan fingerprint density at radius 2 is 1.46 bits per heavy atom. The van der Waals surface area contributed by atoms with E-state index < -0.39 is 0 Å². The number of rotatable bonds is 6. The zero-order chi connectivity index (χ0) is 19.9. The van der Waals surface area contributed by atoms with Crippen LogP contribution in [-0.4, -0.2) is 30.9 Å². The van der Waals surface area contributed by atoms with Crippen LogP contribution in [0.5, 0.6) is 0 Å². The predicted molar refractivity (Wildman–Crippen MR) is 111 cm³/mol. The quantitative estimate of drug-likeness (QED) is 0.694. The smallest absolute Gasteiger partial charge is 0.274 e. The van der Waals surface area contributed by atoms with Gasteiger partial charge >= 0.3 is 0 Å². The minimum atomic E-state index is -0.365. The maximum absolute atomic E-state index is 12.5. The number of hydrogen-bond acceptors (Lipinski definition) is 4. The van der Waals surface area contributed by atoms with E-state index in [1.807, 2.05) is 73.6 Å². The molecule has 6 nitrogen and oxygen atoms in total. The molecule has 2 N–H and O–H groups in total. The maximum atomic E-state index is 12.5. The average Bonchev–Trinajstić information content (AvgIpc) is 2.73. The van der Waals surface area contributed by atoms with Crippen LogP contribution < -0.4 is 15.5 Å². The molecular weight excluding hydrogens is 352 g/mol. The Morgan fingerprint density at radius 3 is 2.11 bits per heavy atom. The first-order chi connectivity index (χ1) is 13.5. The van der Waals surface area contributed by atoms with Crippen molar-refractivity contribution in [1.29, 1.82) is 0 Å². The van der Waals surface area contributed by atoms with Crippen molar-refractivity contribution in [3.63, 3.8) is 0 Å². The molecule has 0 saturated heterocycles. The number of benzene rings is 2. The molecule has 1 heterocycles. The van der Waals surface area contributed by atoms with Crippen LogP contribution in [-0.2, 0) is 6.54 Å². The van der Waals surface area contributed by atoms with Gasteiger partial charge in [-0.05, 0) is 42.0 Å². The summed E-state index contributed by atoms with van der Waals surface area (Å²) in [4.78, 5) is 31.0. The van der Waals surface area contributed by atoms with Crippen molar-refractivity contribution in [1.82, 2.24) is 10.3 Å². The first-order valence-electron chi connectivity index (χ1n) is 8.91. The van der Waals surface area contributed by atoms with Crippen LogP contribution in [0.4, 0.5) is 11.4 Å². The fourth-order valence-corrected chi connectivity index (χ4v) is 2.59. The summed E-state index contributed by atoms with van der Waals surface area (Å²) in [5, 5.41) is 5.61. The average molecular weight is 374 g/mol. The summed E-state index contributed by atoms with van der Waals surface area (Å²) in [6.45, 7) is 0.399.